The van der Waals surface area contributed by atoms with Crippen LogP contribution in [0.25, 0.3) is 0 Å². The Kier molecular flexibility index (Phi) is 4.04. The predicted molar refractivity (Wildman–Crippen MR) is 77.2 cm³/mol. The molecule has 2 fully saturated rings. The molecule has 1 aromatic rings. The molecular formula is C16H24N2O. The number of phenolic OH excluding ortho intramolecular Hbond substituents is 1. The number of rotatable bonds is 3. The molecule has 0 radical (unpaired) electrons. The van der Waals surface area contributed by atoms with Crippen LogP contribution in [0.1, 0.15) is 31.2 Å². The van der Waals surface area contributed by atoms with Gasteiger partial charge in [-0.05, 0) is 38.4 Å². The molecular weight excluding hydrogens is 236 g/mol. The van der Waals surface area contributed by atoms with Crippen LogP contribution in [0.5, 0.6) is 5.75 Å². The molecule has 0 amide bonds. The van der Waals surface area contributed by atoms with Crippen LogP contribution in [0.15, 0.2) is 24.3 Å². The summed E-state index contributed by atoms with van der Waals surface area (Å²) in [5, 5.41) is 9.85. The monoisotopic (exact) mass is 260 g/mol. The number of phenols is 1. The maximum Gasteiger partial charge on any atom is 0.120 e. The highest BCUT2D eigenvalue weighted by molar-refractivity contribution is 5.31. The average Bonchev–Trinajstić information content (AvgIpc) is 2.91. The van der Waals surface area contributed by atoms with Gasteiger partial charge in [0.25, 0.3) is 0 Å². The lowest BCUT2D eigenvalue weighted by Gasteiger charge is -2.32. The number of hydrogen-bond donors (Lipinski definition) is 1. The Morgan fingerprint density at radius 1 is 1.05 bits per heavy atom. The third-order valence-electron chi connectivity index (χ3n) is 4.54. The summed E-state index contributed by atoms with van der Waals surface area (Å²) in [6.45, 7) is 5.78. The van der Waals surface area contributed by atoms with Crippen LogP contribution in [-0.4, -0.2) is 47.1 Å². The standard InChI is InChI=1S/C16H24N2O/c19-16-7-3-2-6-14(16)12-17-11-8-15(13-17)18-9-4-1-5-10-18/h2-3,6-7,15,19H,1,4-5,8-13H2. The molecule has 1 atom stereocenters. The van der Waals surface area contributed by atoms with Crippen molar-refractivity contribution in [2.24, 2.45) is 0 Å². The molecule has 2 heterocycles. The predicted octanol–water partition coefficient (Wildman–Crippen LogP) is 2.45. The quantitative estimate of drug-likeness (QED) is 0.904. The van der Waals surface area contributed by atoms with Crippen LogP contribution >= 0.6 is 0 Å². The smallest absolute Gasteiger partial charge is 0.120 e. The van der Waals surface area contributed by atoms with Crippen molar-refractivity contribution in [3.05, 3.63) is 29.8 Å². The lowest BCUT2D eigenvalue weighted by atomic mass is 10.1. The molecule has 3 nitrogen and oxygen atoms in total. The number of likely N-dealkylation sites (tertiary alicyclic amines) is 2. The molecule has 3 heteroatoms. The zero-order valence-corrected chi connectivity index (χ0v) is 11.6. The van der Waals surface area contributed by atoms with Gasteiger partial charge in [-0.1, -0.05) is 24.6 Å². The van der Waals surface area contributed by atoms with E-state index in [1.807, 2.05) is 18.2 Å². The molecule has 104 valence electrons. The van der Waals surface area contributed by atoms with Crippen molar-refractivity contribution in [3.63, 3.8) is 0 Å². The number of piperidine rings is 1. The first-order chi connectivity index (χ1) is 9.33. The van der Waals surface area contributed by atoms with E-state index >= 15 is 0 Å². The molecule has 19 heavy (non-hydrogen) atoms. The second kappa shape index (κ2) is 5.93. The molecule has 0 aromatic heterocycles. The Morgan fingerprint density at radius 3 is 2.63 bits per heavy atom. The molecule has 1 aromatic carbocycles. The van der Waals surface area contributed by atoms with E-state index in [4.69, 9.17) is 0 Å². The number of para-hydroxylation sites is 1. The summed E-state index contributed by atoms with van der Waals surface area (Å²) in [5.41, 5.74) is 1.06. The van der Waals surface area contributed by atoms with E-state index in [9.17, 15) is 5.11 Å². The van der Waals surface area contributed by atoms with E-state index in [2.05, 4.69) is 9.80 Å². The largest absolute Gasteiger partial charge is 0.508 e. The summed E-state index contributed by atoms with van der Waals surface area (Å²) in [6, 6.07) is 8.45. The number of hydrogen-bond acceptors (Lipinski definition) is 3. The fourth-order valence-corrected chi connectivity index (χ4v) is 3.42. The summed E-state index contributed by atoms with van der Waals surface area (Å²) in [4.78, 5) is 5.16. The minimum Gasteiger partial charge on any atom is -0.508 e. The fraction of sp³-hybridized carbons (Fsp3) is 0.625. The highest BCUT2D eigenvalue weighted by Crippen LogP contribution is 2.24. The third kappa shape index (κ3) is 3.10. The van der Waals surface area contributed by atoms with Gasteiger partial charge < -0.3 is 5.11 Å². The average molecular weight is 260 g/mol. The van der Waals surface area contributed by atoms with Crippen molar-refractivity contribution in [1.29, 1.82) is 0 Å². The molecule has 0 bridgehead atoms. The van der Waals surface area contributed by atoms with Gasteiger partial charge in [-0.2, -0.15) is 0 Å². The SMILES string of the molecule is Oc1ccccc1CN1CCC(N2CCCCC2)C1. The van der Waals surface area contributed by atoms with Gasteiger partial charge in [0.2, 0.25) is 0 Å². The fourth-order valence-electron chi connectivity index (χ4n) is 3.42. The van der Waals surface area contributed by atoms with Gasteiger partial charge in [-0.25, -0.2) is 0 Å². The summed E-state index contributed by atoms with van der Waals surface area (Å²) in [5.74, 6) is 0.434. The van der Waals surface area contributed by atoms with E-state index in [-0.39, 0.29) is 0 Å². The first-order valence-corrected chi connectivity index (χ1v) is 7.56. The molecule has 1 N–H and O–H groups in total. The minimum absolute atomic E-state index is 0.434. The molecule has 2 aliphatic rings. The lowest BCUT2D eigenvalue weighted by Crippen LogP contribution is -2.40. The van der Waals surface area contributed by atoms with Gasteiger partial charge in [0.15, 0.2) is 0 Å². The summed E-state index contributed by atoms with van der Waals surface area (Å²) >= 11 is 0. The van der Waals surface area contributed by atoms with Gasteiger partial charge in [0.05, 0.1) is 0 Å². The van der Waals surface area contributed by atoms with Crippen molar-refractivity contribution in [2.75, 3.05) is 26.2 Å². The van der Waals surface area contributed by atoms with Crippen LogP contribution < -0.4 is 0 Å². The van der Waals surface area contributed by atoms with Crippen LogP contribution in [0.4, 0.5) is 0 Å². The van der Waals surface area contributed by atoms with Gasteiger partial charge in [0.1, 0.15) is 5.75 Å². The van der Waals surface area contributed by atoms with Crippen molar-refractivity contribution in [1.82, 2.24) is 9.80 Å². The molecule has 0 saturated carbocycles. The first kappa shape index (κ1) is 12.9. The minimum atomic E-state index is 0.434. The van der Waals surface area contributed by atoms with E-state index in [0.29, 0.717) is 5.75 Å². The van der Waals surface area contributed by atoms with Crippen molar-refractivity contribution < 1.29 is 5.11 Å². The Labute approximate surface area is 115 Å². The van der Waals surface area contributed by atoms with Crippen molar-refractivity contribution in [2.45, 2.75) is 38.3 Å². The second-order valence-corrected chi connectivity index (χ2v) is 5.90. The van der Waals surface area contributed by atoms with Crippen molar-refractivity contribution >= 4 is 0 Å². The Hall–Kier alpha value is -1.06. The highest BCUT2D eigenvalue weighted by atomic mass is 16.3. The van der Waals surface area contributed by atoms with Crippen LogP contribution in [0.3, 0.4) is 0 Å². The van der Waals surface area contributed by atoms with Crippen LogP contribution in [0, 0.1) is 0 Å². The Morgan fingerprint density at radius 2 is 1.84 bits per heavy atom. The number of benzene rings is 1. The molecule has 2 aliphatic heterocycles. The molecule has 1 unspecified atom stereocenters. The zero-order valence-electron chi connectivity index (χ0n) is 11.6. The van der Waals surface area contributed by atoms with Gasteiger partial charge in [-0.3, -0.25) is 9.80 Å². The summed E-state index contributed by atoms with van der Waals surface area (Å²) in [6.07, 6.45) is 5.43. The molecule has 2 saturated heterocycles. The Balaban J connectivity index is 1.55. The van der Waals surface area contributed by atoms with Crippen LogP contribution in [-0.2, 0) is 6.54 Å². The van der Waals surface area contributed by atoms with Crippen LogP contribution in [0.2, 0.25) is 0 Å². The summed E-state index contributed by atoms with van der Waals surface area (Å²) < 4.78 is 0. The topological polar surface area (TPSA) is 26.7 Å². The Bertz CT molecular complexity index is 415. The second-order valence-electron chi connectivity index (χ2n) is 5.90. The zero-order chi connectivity index (χ0) is 13.1. The highest BCUT2D eigenvalue weighted by Gasteiger charge is 2.28. The maximum atomic E-state index is 9.85. The molecule has 3 rings (SSSR count). The van der Waals surface area contributed by atoms with Gasteiger partial charge in [0, 0.05) is 31.2 Å². The third-order valence-corrected chi connectivity index (χ3v) is 4.54. The normalized spacial score (nSPS) is 25.8. The molecule has 0 spiro atoms. The van der Waals surface area contributed by atoms with Gasteiger partial charge in [-0.15, -0.1) is 0 Å². The maximum absolute atomic E-state index is 9.85. The number of aromatic hydroxyl groups is 1. The summed E-state index contributed by atoms with van der Waals surface area (Å²) in [7, 11) is 0. The van der Waals surface area contributed by atoms with Gasteiger partial charge >= 0.3 is 0 Å². The lowest BCUT2D eigenvalue weighted by molar-refractivity contribution is 0.161. The molecule has 0 aliphatic carbocycles. The van der Waals surface area contributed by atoms with E-state index in [1.54, 1.807) is 6.07 Å². The van der Waals surface area contributed by atoms with E-state index in [0.717, 1.165) is 31.2 Å². The van der Waals surface area contributed by atoms with Crippen molar-refractivity contribution in [3.8, 4) is 5.75 Å². The van der Waals surface area contributed by atoms with E-state index < -0.39 is 0 Å². The first-order valence-electron chi connectivity index (χ1n) is 7.56. The number of nitrogens with zero attached hydrogens (tertiary/aromatic N) is 2. The van der Waals surface area contributed by atoms with E-state index in [1.165, 1.54) is 38.8 Å².